The number of rotatable bonds is 2. The van der Waals surface area contributed by atoms with E-state index in [-0.39, 0.29) is 5.82 Å². The number of methoxy groups -OCH3 is 1. The molecule has 0 amide bonds. The van der Waals surface area contributed by atoms with Crippen LogP contribution in [0.4, 0.5) is 4.39 Å². The maximum Gasteiger partial charge on any atom is 0.349 e. The first-order chi connectivity index (χ1) is 7.70. The molecule has 5 heteroatoms. The van der Waals surface area contributed by atoms with E-state index in [1.165, 1.54) is 36.8 Å². The highest BCUT2D eigenvalue weighted by Gasteiger charge is 2.11. The van der Waals surface area contributed by atoms with Crippen molar-refractivity contribution in [3.63, 3.8) is 0 Å². The molecule has 1 aromatic carbocycles. The van der Waals surface area contributed by atoms with Crippen LogP contribution in [0, 0.1) is 5.82 Å². The third-order valence-electron chi connectivity index (χ3n) is 1.98. The number of carbonyl (C=O) groups excluding carboxylic acids is 1. The van der Waals surface area contributed by atoms with Gasteiger partial charge in [-0.25, -0.2) is 14.2 Å². The molecule has 0 atom stereocenters. The summed E-state index contributed by atoms with van der Waals surface area (Å²) in [5.74, 6) is -0.709. The van der Waals surface area contributed by atoms with Crippen molar-refractivity contribution in [3.8, 4) is 10.6 Å². The van der Waals surface area contributed by atoms with Gasteiger partial charge in [-0.15, -0.1) is 11.3 Å². The molecule has 0 unspecified atom stereocenters. The van der Waals surface area contributed by atoms with Crippen LogP contribution in [0.5, 0.6) is 0 Å². The number of benzene rings is 1. The minimum atomic E-state index is -0.411. The zero-order valence-electron chi connectivity index (χ0n) is 8.44. The van der Waals surface area contributed by atoms with E-state index in [2.05, 4.69) is 9.72 Å². The van der Waals surface area contributed by atoms with Gasteiger partial charge in [-0.1, -0.05) is 0 Å². The van der Waals surface area contributed by atoms with Gasteiger partial charge in [0.1, 0.15) is 15.7 Å². The molecular formula is C11H8FNO2S. The van der Waals surface area contributed by atoms with Gasteiger partial charge in [0.05, 0.1) is 13.3 Å². The molecule has 2 rings (SSSR count). The normalized spacial score (nSPS) is 10.1. The van der Waals surface area contributed by atoms with Crippen LogP contribution in [-0.4, -0.2) is 18.1 Å². The van der Waals surface area contributed by atoms with E-state index in [1.54, 1.807) is 12.1 Å². The number of hydrogen-bond acceptors (Lipinski definition) is 4. The lowest BCUT2D eigenvalue weighted by molar-refractivity contribution is 0.0606. The third kappa shape index (κ3) is 2.09. The predicted octanol–water partition coefficient (Wildman–Crippen LogP) is 2.74. The summed E-state index contributed by atoms with van der Waals surface area (Å²) in [5.41, 5.74) is 0.779. The van der Waals surface area contributed by atoms with Gasteiger partial charge < -0.3 is 4.74 Å². The summed E-state index contributed by atoms with van der Waals surface area (Å²) < 4.78 is 17.3. The maximum atomic E-state index is 12.7. The fraction of sp³-hybridized carbons (Fsp3) is 0.0909. The van der Waals surface area contributed by atoms with Crippen LogP contribution >= 0.6 is 11.3 Å². The van der Waals surface area contributed by atoms with E-state index in [0.29, 0.717) is 9.88 Å². The summed E-state index contributed by atoms with van der Waals surface area (Å²) >= 11 is 1.22. The quantitative estimate of drug-likeness (QED) is 0.754. The summed E-state index contributed by atoms with van der Waals surface area (Å²) in [6.45, 7) is 0. The lowest BCUT2D eigenvalue weighted by Crippen LogP contribution is -1.96. The average Bonchev–Trinajstić information content (AvgIpc) is 2.78. The molecule has 0 aliphatic heterocycles. The van der Waals surface area contributed by atoms with Crippen LogP contribution in [0.3, 0.4) is 0 Å². The van der Waals surface area contributed by atoms with E-state index in [9.17, 15) is 9.18 Å². The number of carbonyl (C=O) groups is 1. The molecule has 82 valence electrons. The molecule has 0 aliphatic carbocycles. The van der Waals surface area contributed by atoms with Gasteiger partial charge >= 0.3 is 5.97 Å². The van der Waals surface area contributed by atoms with Crippen molar-refractivity contribution in [2.24, 2.45) is 0 Å². The smallest absolute Gasteiger partial charge is 0.349 e. The molecule has 0 spiro atoms. The molecule has 0 radical (unpaired) electrons. The number of hydrogen-bond donors (Lipinski definition) is 0. The van der Waals surface area contributed by atoms with E-state index in [0.717, 1.165) is 5.56 Å². The number of aromatic nitrogens is 1. The average molecular weight is 237 g/mol. The van der Waals surface area contributed by atoms with Gasteiger partial charge in [0.15, 0.2) is 0 Å². The highest BCUT2D eigenvalue weighted by molar-refractivity contribution is 7.16. The van der Waals surface area contributed by atoms with Gasteiger partial charge in [-0.3, -0.25) is 0 Å². The summed E-state index contributed by atoms with van der Waals surface area (Å²) in [4.78, 5) is 15.7. The summed E-state index contributed by atoms with van der Waals surface area (Å²) in [6.07, 6.45) is 1.45. The molecule has 2 aromatic rings. The van der Waals surface area contributed by atoms with Crippen molar-refractivity contribution >= 4 is 17.3 Å². The Bertz CT molecular complexity index is 507. The van der Waals surface area contributed by atoms with Crippen molar-refractivity contribution in [2.75, 3.05) is 7.11 Å². The molecule has 3 nitrogen and oxygen atoms in total. The second-order valence-corrected chi connectivity index (χ2v) is 4.06. The molecule has 0 aliphatic rings. The van der Waals surface area contributed by atoms with Gasteiger partial charge in [0.2, 0.25) is 0 Å². The molecular weight excluding hydrogens is 229 g/mol. The summed E-state index contributed by atoms with van der Waals surface area (Å²) in [6, 6.07) is 5.95. The Balaban J connectivity index is 2.31. The Hall–Kier alpha value is -1.75. The highest BCUT2D eigenvalue weighted by atomic mass is 32.1. The van der Waals surface area contributed by atoms with Crippen molar-refractivity contribution in [3.05, 3.63) is 41.2 Å². The Kier molecular flexibility index (Phi) is 2.96. The number of thiazole rings is 1. The minimum Gasteiger partial charge on any atom is -0.465 e. The zero-order valence-corrected chi connectivity index (χ0v) is 9.25. The van der Waals surface area contributed by atoms with E-state index in [4.69, 9.17) is 0 Å². The Morgan fingerprint density at radius 1 is 1.38 bits per heavy atom. The molecule has 0 saturated carbocycles. The topological polar surface area (TPSA) is 39.2 Å². The molecule has 1 heterocycles. The van der Waals surface area contributed by atoms with Crippen LogP contribution in [0.15, 0.2) is 30.5 Å². The van der Waals surface area contributed by atoms with Crippen molar-refractivity contribution in [1.82, 2.24) is 4.98 Å². The van der Waals surface area contributed by atoms with Gasteiger partial charge in [0, 0.05) is 5.56 Å². The predicted molar refractivity (Wildman–Crippen MR) is 58.8 cm³/mol. The lowest BCUT2D eigenvalue weighted by atomic mass is 10.2. The molecule has 0 saturated heterocycles. The number of halogens is 1. The fourth-order valence-electron chi connectivity index (χ4n) is 1.20. The first-order valence-corrected chi connectivity index (χ1v) is 5.32. The van der Waals surface area contributed by atoms with Crippen LogP contribution in [0.1, 0.15) is 9.67 Å². The number of esters is 1. The van der Waals surface area contributed by atoms with E-state index in [1.807, 2.05) is 0 Å². The second-order valence-electron chi connectivity index (χ2n) is 3.03. The minimum absolute atomic E-state index is 0.298. The monoisotopic (exact) mass is 237 g/mol. The Labute approximate surface area is 95.5 Å². The summed E-state index contributed by atoms with van der Waals surface area (Å²) in [7, 11) is 1.32. The number of ether oxygens (including phenoxy) is 1. The van der Waals surface area contributed by atoms with E-state index < -0.39 is 5.97 Å². The third-order valence-corrected chi connectivity index (χ3v) is 3.01. The number of nitrogens with zero attached hydrogens (tertiary/aromatic N) is 1. The van der Waals surface area contributed by atoms with Gasteiger partial charge in [-0.2, -0.15) is 0 Å². The molecule has 0 N–H and O–H groups in total. The molecule has 16 heavy (non-hydrogen) atoms. The van der Waals surface area contributed by atoms with Crippen molar-refractivity contribution < 1.29 is 13.9 Å². The van der Waals surface area contributed by atoms with Gasteiger partial charge in [-0.05, 0) is 24.3 Å². The van der Waals surface area contributed by atoms with Gasteiger partial charge in [0.25, 0.3) is 0 Å². The highest BCUT2D eigenvalue weighted by Crippen LogP contribution is 2.25. The summed E-state index contributed by atoms with van der Waals surface area (Å²) in [5, 5.41) is 0.667. The molecule has 1 aromatic heterocycles. The first-order valence-electron chi connectivity index (χ1n) is 4.51. The van der Waals surface area contributed by atoms with Crippen LogP contribution < -0.4 is 0 Å². The second kappa shape index (κ2) is 4.40. The van der Waals surface area contributed by atoms with Crippen LogP contribution in [-0.2, 0) is 4.74 Å². The lowest BCUT2D eigenvalue weighted by Gasteiger charge is -1.94. The Morgan fingerprint density at radius 3 is 2.69 bits per heavy atom. The van der Waals surface area contributed by atoms with Crippen molar-refractivity contribution in [2.45, 2.75) is 0 Å². The molecule has 0 bridgehead atoms. The van der Waals surface area contributed by atoms with E-state index >= 15 is 0 Å². The molecule has 0 fully saturated rings. The fourth-order valence-corrected chi connectivity index (χ4v) is 2.03. The SMILES string of the molecule is COC(=O)c1cnc(-c2ccc(F)cc2)s1. The van der Waals surface area contributed by atoms with Crippen molar-refractivity contribution in [1.29, 1.82) is 0 Å². The maximum absolute atomic E-state index is 12.7. The first kappa shape index (κ1) is 10.8. The standard InChI is InChI=1S/C11H8FNO2S/c1-15-11(14)9-6-13-10(16-9)7-2-4-8(12)5-3-7/h2-6H,1H3. The van der Waals surface area contributed by atoms with Crippen LogP contribution in [0.2, 0.25) is 0 Å². The largest absolute Gasteiger partial charge is 0.465 e. The van der Waals surface area contributed by atoms with Crippen LogP contribution in [0.25, 0.3) is 10.6 Å². The Morgan fingerprint density at radius 2 is 2.06 bits per heavy atom. The zero-order chi connectivity index (χ0) is 11.5.